The van der Waals surface area contributed by atoms with E-state index in [2.05, 4.69) is 12.2 Å². The molecule has 0 unspecified atom stereocenters. The molecule has 2 fully saturated rings. The summed E-state index contributed by atoms with van der Waals surface area (Å²) >= 11 is 0. The molecule has 1 aromatic rings. The van der Waals surface area contributed by atoms with Crippen LogP contribution in [0.4, 0.5) is 0 Å². The molecule has 0 spiro atoms. The van der Waals surface area contributed by atoms with E-state index in [9.17, 15) is 4.79 Å². The Bertz CT molecular complexity index is 470. The molecule has 1 aromatic carbocycles. The first-order chi connectivity index (χ1) is 8.55. The van der Waals surface area contributed by atoms with E-state index in [4.69, 9.17) is 5.11 Å². The van der Waals surface area contributed by atoms with Crippen LogP contribution in [0.15, 0.2) is 24.3 Å². The smallest absolute Gasteiger partial charge is 0.335 e. The van der Waals surface area contributed by atoms with Crippen molar-refractivity contribution in [1.29, 1.82) is 0 Å². The van der Waals surface area contributed by atoms with Gasteiger partial charge in [-0.25, -0.2) is 4.79 Å². The van der Waals surface area contributed by atoms with Gasteiger partial charge in [-0.05, 0) is 48.8 Å². The molecule has 96 valence electrons. The number of carboxylic acid groups (broad SMARTS) is 1. The average molecular weight is 245 g/mol. The zero-order chi connectivity index (χ0) is 12.8. The molecule has 0 atom stereocenters. The molecule has 0 aromatic heterocycles. The van der Waals surface area contributed by atoms with Crippen LogP contribution < -0.4 is 5.32 Å². The highest BCUT2D eigenvalue weighted by molar-refractivity contribution is 5.87. The molecule has 0 bridgehead atoms. The van der Waals surface area contributed by atoms with Crippen molar-refractivity contribution in [2.45, 2.75) is 44.7 Å². The van der Waals surface area contributed by atoms with Crippen LogP contribution in [-0.2, 0) is 6.54 Å². The Kier molecular flexibility index (Phi) is 2.49. The van der Waals surface area contributed by atoms with Crippen molar-refractivity contribution in [3.8, 4) is 0 Å². The number of aromatic carboxylic acids is 1. The van der Waals surface area contributed by atoms with Gasteiger partial charge in [-0.15, -0.1) is 0 Å². The van der Waals surface area contributed by atoms with Gasteiger partial charge in [0.15, 0.2) is 0 Å². The molecule has 0 heterocycles. The first kappa shape index (κ1) is 11.7. The highest BCUT2D eigenvalue weighted by Gasteiger charge is 2.62. The van der Waals surface area contributed by atoms with E-state index in [0.29, 0.717) is 16.5 Å². The fourth-order valence-corrected chi connectivity index (χ4v) is 2.82. The highest BCUT2D eigenvalue weighted by Crippen LogP contribution is 2.63. The van der Waals surface area contributed by atoms with Gasteiger partial charge in [0.1, 0.15) is 0 Å². The maximum atomic E-state index is 10.8. The van der Waals surface area contributed by atoms with E-state index in [1.165, 1.54) is 25.7 Å². The van der Waals surface area contributed by atoms with Crippen LogP contribution in [0.25, 0.3) is 0 Å². The molecule has 0 saturated heterocycles. The first-order valence-corrected chi connectivity index (χ1v) is 6.62. The number of carboxylic acids is 1. The summed E-state index contributed by atoms with van der Waals surface area (Å²) in [6, 6.07) is 7.17. The Morgan fingerprint density at radius 1 is 1.22 bits per heavy atom. The maximum Gasteiger partial charge on any atom is 0.335 e. The van der Waals surface area contributed by atoms with E-state index in [1.54, 1.807) is 12.1 Å². The lowest BCUT2D eigenvalue weighted by Gasteiger charge is -2.24. The van der Waals surface area contributed by atoms with E-state index >= 15 is 0 Å². The lowest BCUT2D eigenvalue weighted by molar-refractivity contribution is 0.0697. The molecule has 3 nitrogen and oxygen atoms in total. The Labute approximate surface area is 107 Å². The molecular formula is C15H19NO2. The standard InChI is InChI=1S/C15H19NO2/c1-14(6-7-14)15(8-9-15)16-10-11-2-4-12(5-3-11)13(17)18/h2-5,16H,6-10H2,1H3,(H,17,18). The predicted molar refractivity (Wildman–Crippen MR) is 69.5 cm³/mol. The van der Waals surface area contributed by atoms with E-state index < -0.39 is 5.97 Å². The van der Waals surface area contributed by atoms with Crippen molar-refractivity contribution in [1.82, 2.24) is 5.32 Å². The van der Waals surface area contributed by atoms with E-state index in [1.807, 2.05) is 12.1 Å². The largest absolute Gasteiger partial charge is 0.478 e. The van der Waals surface area contributed by atoms with Crippen LogP contribution >= 0.6 is 0 Å². The van der Waals surface area contributed by atoms with Crippen molar-refractivity contribution in [3.63, 3.8) is 0 Å². The molecule has 0 radical (unpaired) electrons. The molecule has 3 rings (SSSR count). The molecule has 2 saturated carbocycles. The third-order valence-corrected chi connectivity index (χ3v) is 4.74. The maximum absolute atomic E-state index is 10.8. The van der Waals surface area contributed by atoms with Crippen molar-refractivity contribution < 1.29 is 9.90 Å². The molecule has 2 N–H and O–H groups in total. The van der Waals surface area contributed by atoms with Gasteiger partial charge in [0.2, 0.25) is 0 Å². The normalized spacial score (nSPS) is 22.5. The Morgan fingerprint density at radius 3 is 2.28 bits per heavy atom. The molecule has 0 amide bonds. The fourth-order valence-electron chi connectivity index (χ4n) is 2.82. The molecule has 18 heavy (non-hydrogen) atoms. The lowest BCUT2D eigenvalue weighted by Crippen LogP contribution is -2.38. The van der Waals surface area contributed by atoms with Gasteiger partial charge >= 0.3 is 5.97 Å². The molecule has 2 aliphatic rings. The summed E-state index contributed by atoms with van der Waals surface area (Å²) in [5, 5.41) is 12.5. The van der Waals surface area contributed by atoms with Gasteiger partial charge in [0, 0.05) is 12.1 Å². The first-order valence-electron chi connectivity index (χ1n) is 6.62. The zero-order valence-electron chi connectivity index (χ0n) is 10.7. The molecule has 2 aliphatic carbocycles. The van der Waals surface area contributed by atoms with Gasteiger partial charge in [0.25, 0.3) is 0 Å². The minimum absolute atomic E-state index is 0.356. The molecule has 3 heteroatoms. The number of rotatable bonds is 5. The van der Waals surface area contributed by atoms with Gasteiger partial charge in [-0.2, -0.15) is 0 Å². The quantitative estimate of drug-likeness (QED) is 0.838. The third kappa shape index (κ3) is 1.93. The monoisotopic (exact) mass is 245 g/mol. The summed E-state index contributed by atoms with van der Waals surface area (Å²) in [5.41, 5.74) is 2.41. The summed E-state index contributed by atoms with van der Waals surface area (Å²) in [6.45, 7) is 3.22. The van der Waals surface area contributed by atoms with Crippen molar-refractivity contribution >= 4 is 5.97 Å². The van der Waals surface area contributed by atoms with Gasteiger partial charge < -0.3 is 10.4 Å². The summed E-state index contributed by atoms with van der Waals surface area (Å²) in [7, 11) is 0. The van der Waals surface area contributed by atoms with E-state index in [-0.39, 0.29) is 0 Å². The second kappa shape index (κ2) is 3.82. The zero-order valence-corrected chi connectivity index (χ0v) is 10.7. The Balaban J connectivity index is 1.62. The van der Waals surface area contributed by atoms with Crippen LogP contribution in [-0.4, -0.2) is 16.6 Å². The molecular weight excluding hydrogens is 226 g/mol. The topological polar surface area (TPSA) is 49.3 Å². The number of nitrogens with one attached hydrogen (secondary N) is 1. The second-order valence-electron chi connectivity index (χ2n) is 6.00. The van der Waals surface area contributed by atoms with Crippen molar-refractivity contribution in [2.24, 2.45) is 5.41 Å². The lowest BCUT2D eigenvalue weighted by atomic mass is 9.96. The van der Waals surface area contributed by atoms with Crippen molar-refractivity contribution in [2.75, 3.05) is 0 Å². The highest BCUT2D eigenvalue weighted by atomic mass is 16.4. The van der Waals surface area contributed by atoms with Gasteiger partial charge in [-0.3, -0.25) is 0 Å². The molecule has 0 aliphatic heterocycles. The minimum atomic E-state index is -0.862. The summed E-state index contributed by atoms with van der Waals surface area (Å²) in [4.78, 5) is 10.8. The van der Waals surface area contributed by atoms with Crippen LogP contribution in [0.1, 0.15) is 48.5 Å². The Hall–Kier alpha value is -1.35. The number of hydrogen-bond acceptors (Lipinski definition) is 2. The van der Waals surface area contributed by atoms with Crippen LogP contribution in [0.2, 0.25) is 0 Å². The average Bonchev–Trinajstić information content (AvgIpc) is 3.24. The summed E-state index contributed by atoms with van der Waals surface area (Å²) < 4.78 is 0. The van der Waals surface area contributed by atoms with Crippen LogP contribution in [0, 0.1) is 5.41 Å². The SMILES string of the molecule is CC1(C2(NCc3ccc(C(=O)O)cc3)CC2)CC1. The van der Waals surface area contributed by atoms with Crippen molar-refractivity contribution in [3.05, 3.63) is 35.4 Å². The van der Waals surface area contributed by atoms with Crippen LogP contribution in [0.5, 0.6) is 0 Å². The minimum Gasteiger partial charge on any atom is -0.478 e. The number of hydrogen-bond donors (Lipinski definition) is 2. The van der Waals surface area contributed by atoms with Crippen LogP contribution in [0.3, 0.4) is 0 Å². The summed E-state index contributed by atoms with van der Waals surface area (Å²) in [6.07, 6.45) is 5.27. The third-order valence-electron chi connectivity index (χ3n) is 4.74. The second-order valence-corrected chi connectivity index (χ2v) is 6.00. The number of carbonyl (C=O) groups is 1. The Morgan fingerprint density at radius 2 is 1.83 bits per heavy atom. The fraction of sp³-hybridized carbons (Fsp3) is 0.533. The van der Waals surface area contributed by atoms with E-state index in [0.717, 1.165) is 12.1 Å². The number of benzene rings is 1. The van der Waals surface area contributed by atoms with Gasteiger partial charge in [-0.1, -0.05) is 19.1 Å². The summed E-state index contributed by atoms with van der Waals surface area (Å²) in [5.74, 6) is -0.862. The van der Waals surface area contributed by atoms with Gasteiger partial charge in [0.05, 0.1) is 5.56 Å². The predicted octanol–water partition coefficient (Wildman–Crippen LogP) is 2.81.